The van der Waals surface area contributed by atoms with Gasteiger partial charge in [0.25, 0.3) is 5.91 Å². The second kappa shape index (κ2) is 6.77. The van der Waals surface area contributed by atoms with Gasteiger partial charge in [-0.25, -0.2) is 9.97 Å². The summed E-state index contributed by atoms with van der Waals surface area (Å²) in [4.78, 5) is 23.7. The summed E-state index contributed by atoms with van der Waals surface area (Å²) in [5.74, 6) is 0.262. The Morgan fingerprint density at radius 2 is 1.96 bits per heavy atom. The quantitative estimate of drug-likeness (QED) is 0.749. The molecule has 1 N–H and O–H groups in total. The van der Waals surface area contributed by atoms with Crippen molar-refractivity contribution in [3.05, 3.63) is 76.6 Å². The van der Waals surface area contributed by atoms with Gasteiger partial charge < -0.3 is 10.2 Å². The molecule has 0 spiro atoms. The molecule has 0 unspecified atom stereocenters. The molecule has 1 amide bonds. The molecule has 0 atom stereocenters. The number of carbonyl (C=O) groups excluding carboxylic acids is 1. The Morgan fingerprint density at radius 3 is 2.81 bits per heavy atom. The zero-order chi connectivity index (χ0) is 18.1. The number of hydrogen-bond donors (Lipinski definition) is 1. The fourth-order valence-electron chi connectivity index (χ4n) is 3.10. The Kier molecular flexibility index (Phi) is 4.31. The predicted octanol–water partition coefficient (Wildman–Crippen LogP) is 4.38. The molecule has 2 heterocycles. The Hall–Kier alpha value is -2.92. The van der Waals surface area contributed by atoms with Crippen LogP contribution >= 0.6 is 11.6 Å². The lowest BCUT2D eigenvalue weighted by Crippen LogP contribution is -2.20. The molecular formula is C20H17ClN4O. The Morgan fingerprint density at radius 1 is 1.12 bits per heavy atom. The van der Waals surface area contributed by atoms with Gasteiger partial charge >= 0.3 is 0 Å². The van der Waals surface area contributed by atoms with E-state index < -0.39 is 0 Å². The molecule has 0 bridgehead atoms. The summed E-state index contributed by atoms with van der Waals surface area (Å²) < 4.78 is 0. The highest BCUT2D eigenvalue weighted by Gasteiger charge is 2.23. The van der Waals surface area contributed by atoms with Gasteiger partial charge in [0.05, 0.1) is 0 Å². The third-order valence-corrected chi connectivity index (χ3v) is 4.52. The third kappa shape index (κ3) is 3.26. The van der Waals surface area contributed by atoms with Crippen molar-refractivity contribution >= 4 is 34.8 Å². The number of benzene rings is 2. The van der Waals surface area contributed by atoms with Crippen molar-refractivity contribution in [2.75, 3.05) is 16.8 Å². The molecule has 130 valence electrons. The topological polar surface area (TPSA) is 58.1 Å². The minimum absolute atomic E-state index is 0.286. The Bertz CT molecular complexity index is 989. The summed E-state index contributed by atoms with van der Waals surface area (Å²) >= 11 is 5.98. The largest absolute Gasteiger partial charge is 0.321 e. The SMILES string of the molecule is Cc1cc(C(=O)Nc2cccc(Cl)c2)nc(N2CCc3ccccc32)n1. The van der Waals surface area contributed by atoms with Crippen LogP contribution in [0.2, 0.25) is 5.02 Å². The number of fused-ring (bicyclic) bond motifs is 1. The number of aryl methyl sites for hydroxylation is 1. The van der Waals surface area contributed by atoms with Gasteiger partial charge in [-0.1, -0.05) is 35.9 Å². The first kappa shape index (κ1) is 16.5. The van der Waals surface area contributed by atoms with E-state index in [2.05, 4.69) is 32.3 Å². The summed E-state index contributed by atoms with van der Waals surface area (Å²) in [5.41, 5.74) is 4.07. The molecule has 0 saturated carbocycles. The van der Waals surface area contributed by atoms with Crippen molar-refractivity contribution in [1.82, 2.24) is 9.97 Å². The van der Waals surface area contributed by atoms with Gasteiger partial charge in [-0.2, -0.15) is 0 Å². The van der Waals surface area contributed by atoms with Gasteiger partial charge in [-0.15, -0.1) is 0 Å². The van der Waals surface area contributed by atoms with Crippen LogP contribution in [-0.4, -0.2) is 22.4 Å². The molecule has 0 aliphatic carbocycles. The predicted molar refractivity (Wildman–Crippen MR) is 103 cm³/mol. The average Bonchev–Trinajstić information content (AvgIpc) is 3.05. The van der Waals surface area contributed by atoms with E-state index in [0.29, 0.717) is 22.4 Å². The van der Waals surface area contributed by atoms with E-state index in [1.807, 2.05) is 19.1 Å². The number of hydrogen-bond acceptors (Lipinski definition) is 4. The number of anilines is 3. The lowest BCUT2D eigenvalue weighted by atomic mass is 10.2. The van der Waals surface area contributed by atoms with E-state index in [4.69, 9.17) is 11.6 Å². The molecule has 2 aromatic carbocycles. The Balaban J connectivity index is 1.64. The van der Waals surface area contributed by atoms with Crippen LogP contribution in [-0.2, 0) is 6.42 Å². The molecule has 26 heavy (non-hydrogen) atoms. The number of para-hydroxylation sites is 1. The Labute approximate surface area is 156 Å². The molecule has 1 aromatic heterocycles. The van der Waals surface area contributed by atoms with E-state index in [0.717, 1.165) is 24.3 Å². The number of halogens is 1. The molecule has 1 aliphatic heterocycles. The third-order valence-electron chi connectivity index (χ3n) is 4.29. The molecule has 0 saturated heterocycles. The molecule has 4 rings (SSSR count). The van der Waals surface area contributed by atoms with Gasteiger partial charge in [0.15, 0.2) is 0 Å². The van der Waals surface area contributed by atoms with Crippen LogP contribution in [0.15, 0.2) is 54.6 Å². The van der Waals surface area contributed by atoms with Crippen LogP contribution in [0.25, 0.3) is 0 Å². The van der Waals surface area contributed by atoms with Gasteiger partial charge in [0.2, 0.25) is 5.95 Å². The van der Waals surface area contributed by atoms with Gasteiger partial charge in [0, 0.05) is 28.6 Å². The van der Waals surface area contributed by atoms with Crippen molar-refractivity contribution in [3.8, 4) is 0 Å². The number of amides is 1. The van der Waals surface area contributed by atoms with E-state index in [-0.39, 0.29) is 5.91 Å². The first-order valence-corrected chi connectivity index (χ1v) is 8.76. The molecule has 1 aliphatic rings. The minimum Gasteiger partial charge on any atom is -0.321 e. The van der Waals surface area contributed by atoms with E-state index >= 15 is 0 Å². The highest BCUT2D eigenvalue weighted by molar-refractivity contribution is 6.30. The average molecular weight is 365 g/mol. The standard InChI is InChI=1S/C20H17ClN4O/c1-13-11-17(19(26)23-16-7-4-6-15(21)12-16)24-20(22-13)25-10-9-14-5-2-3-8-18(14)25/h2-8,11-12H,9-10H2,1H3,(H,23,26). The summed E-state index contributed by atoms with van der Waals surface area (Å²) in [6, 6.07) is 16.9. The summed E-state index contributed by atoms with van der Waals surface area (Å²) in [7, 11) is 0. The highest BCUT2D eigenvalue weighted by Crippen LogP contribution is 2.32. The zero-order valence-electron chi connectivity index (χ0n) is 14.2. The van der Waals surface area contributed by atoms with Crippen molar-refractivity contribution in [1.29, 1.82) is 0 Å². The summed E-state index contributed by atoms with van der Waals surface area (Å²) in [5, 5.41) is 3.40. The van der Waals surface area contributed by atoms with Crippen molar-refractivity contribution in [2.24, 2.45) is 0 Å². The number of aromatic nitrogens is 2. The van der Waals surface area contributed by atoms with Crippen LogP contribution < -0.4 is 10.2 Å². The molecule has 5 nitrogen and oxygen atoms in total. The monoisotopic (exact) mass is 364 g/mol. The maximum absolute atomic E-state index is 12.6. The van der Waals surface area contributed by atoms with Crippen LogP contribution in [0.1, 0.15) is 21.7 Å². The molecular weight excluding hydrogens is 348 g/mol. The lowest BCUT2D eigenvalue weighted by Gasteiger charge is -2.18. The number of nitrogens with one attached hydrogen (secondary N) is 1. The van der Waals surface area contributed by atoms with Crippen molar-refractivity contribution in [2.45, 2.75) is 13.3 Å². The fourth-order valence-corrected chi connectivity index (χ4v) is 3.29. The summed E-state index contributed by atoms with van der Waals surface area (Å²) in [6.45, 7) is 2.67. The summed E-state index contributed by atoms with van der Waals surface area (Å²) in [6.07, 6.45) is 0.942. The molecule has 0 radical (unpaired) electrons. The second-order valence-corrected chi connectivity index (χ2v) is 6.63. The van der Waals surface area contributed by atoms with Crippen molar-refractivity contribution < 1.29 is 4.79 Å². The maximum Gasteiger partial charge on any atom is 0.274 e. The van der Waals surface area contributed by atoms with Crippen molar-refractivity contribution in [3.63, 3.8) is 0 Å². The smallest absolute Gasteiger partial charge is 0.274 e. The number of carbonyl (C=O) groups is 1. The molecule has 3 aromatic rings. The van der Waals surface area contributed by atoms with Gasteiger partial charge in [-0.3, -0.25) is 4.79 Å². The first-order chi connectivity index (χ1) is 12.6. The molecule has 6 heteroatoms. The van der Waals surface area contributed by atoms with Crippen LogP contribution in [0.5, 0.6) is 0 Å². The normalized spacial score (nSPS) is 12.8. The number of rotatable bonds is 3. The first-order valence-electron chi connectivity index (χ1n) is 8.38. The van der Waals surface area contributed by atoms with E-state index in [9.17, 15) is 4.79 Å². The lowest BCUT2D eigenvalue weighted by molar-refractivity contribution is 0.102. The highest BCUT2D eigenvalue weighted by atomic mass is 35.5. The zero-order valence-corrected chi connectivity index (χ0v) is 15.0. The fraction of sp³-hybridized carbons (Fsp3) is 0.150. The maximum atomic E-state index is 12.6. The van der Waals surface area contributed by atoms with Gasteiger partial charge in [-0.05, 0) is 49.2 Å². The van der Waals surface area contributed by atoms with E-state index in [1.165, 1.54) is 5.56 Å². The second-order valence-electron chi connectivity index (χ2n) is 6.19. The molecule has 0 fully saturated rings. The number of nitrogens with zero attached hydrogens (tertiary/aromatic N) is 3. The van der Waals surface area contributed by atoms with Crippen LogP contribution in [0.3, 0.4) is 0 Å². The van der Waals surface area contributed by atoms with Crippen LogP contribution in [0.4, 0.5) is 17.3 Å². The minimum atomic E-state index is -0.286. The van der Waals surface area contributed by atoms with Gasteiger partial charge in [0.1, 0.15) is 5.69 Å². The van der Waals surface area contributed by atoms with E-state index in [1.54, 1.807) is 30.3 Å². The van der Waals surface area contributed by atoms with Crippen LogP contribution in [0, 0.1) is 6.92 Å².